The van der Waals surface area contributed by atoms with E-state index in [2.05, 4.69) is 0 Å². The molecule has 1 aromatic rings. The molecule has 2 aliphatic rings. The van der Waals surface area contributed by atoms with Gasteiger partial charge in [-0.05, 0) is 18.9 Å². The van der Waals surface area contributed by atoms with Crippen molar-refractivity contribution < 1.29 is 23.1 Å². The van der Waals surface area contributed by atoms with E-state index in [0.29, 0.717) is 13.1 Å². The first-order valence-corrected chi connectivity index (χ1v) is 7.87. The van der Waals surface area contributed by atoms with Gasteiger partial charge in [0, 0.05) is 26.3 Å². The number of carboxylic acids is 1. The molecule has 0 aromatic carbocycles. The number of aromatic carboxylic acids is 1. The molecule has 8 heteroatoms. The van der Waals surface area contributed by atoms with Gasteiger partial charge in [-0.25, -0.2) is 13.2 Å². The molecule has 2 aliphatic heterocycles. The average molecular weight is 300 g/mol. The zero-order valence-electron chi connectivity index (χ0n) is 11.0. The number of ether oxygens (including phenoxy) is 1. The maximum atomic E-state index is 12.6. The van der Waals surface area contributed by atoms with Crippen molar-refractivity contribution >= 4 is 16.0 Å². The Bertz CT molecular complexity index is 639. The number of morpholine rings is 1. The minimum Gasteiger partial charge on any atom is -0.477 e. The van der Waals surface area contributed by atoms with E-state index in [1.807, 2.05) is 0 Å². The van der Waals surface area contributed by atoms with Crippen molar-refractivity contribution in [3.8, 4) is 0 Å². The lowest BCUT2D eigenvalue weighted by atomic mass is 10.2. The summed E-state index contributed by atoms with van der Waals surface area (Å²) in [5, 5.41) is 9.00. The maximum Gasteiger partial charge on any atom is 0.352 e. The number of fused-ring (bicyclic) bond motifs is 2. The van der Waals surface area contributed by atoms with Crippen LogP contribution in [-0.2, 0) is 21.8 Å². The monoisotopic (exact) mass is 300 g/mol. The van der Waals surface area contributed by atoms with Crippen molar-refractivity contribution in [1.82, 2.24) is 8.87 Å². The van der Waals surface area contributed by atoms with Gasteiger partial charge in [-0.15, -0.1) is 0 Å². The molecule has 2 atom stereocenters. The van der Waals surface area contributed by atoms with Gasteiger partial charge in [-0.2, -0.15) is 4.31 Å². The van der Waals surface area contributed by atoms with E-state index in [9.17, 15) is 13.2 Å². The number of carbonyl (C=O) groups is 1. The lowest BCUT2D eigenvalue weighted by molar-refractivity contribution is -0.0114. The van der Waals surface area contributed by atoms with E-state index < -0.39 is 16.0 Å². The largest absolute Gasteiger partial charge is 0.477 e. The minimum atomic E-state index is -3.65. The smallest absolute Gasteiger partial charge is 0.352 e. The third-order valence-corrected chi connectivity index (χ3v) is 5.64. The highest BCUT2D eigenvalue weighted by atomic mass is 32.2. The molecule has 2 saturated heterocycles. The van der Waals surface area contributed by atoms with E-state index in [4.69, 9.17) is 9.84 Å². The summed E-state index contributed by atoms with van der Waals surface area (Å²) >= 11 is 0. The number of rotatable bonds is 3. The minimum absolute atomic E-state index is 0.0266. The van der Waals surface area contributed by atoms with Crippen molar-refractivity contribution in [1.29, 1.82) is 0 Å². The van der Waals surface area contributed by atoms with Gasteiger partial charge in [0.2, 0.25) is 10.0 Å². The second-order valence-corrected chi connectivity index (χ2v) is 7.19. The first kappa shape index (κ1) is 13.6. The zero-order valence-corrected chi connectivity index (χ0v) is 11.8. The van der Waals surface area contributed by atoms with E-state index in [1.165, 1.54) is 28.2 Å². The van der Waals surface area contributed by atoms with Crippen molar-refractivity contribution in [2.24, 2.45) is 7.05 Å². The van der Waals surface area contributed by atoms with Crippen LogP contribution in [-0.4, -0.2) is 53.7 Å². The lowest BCUT2D eigenvalue weighted by Crippen LogP contribution is -2.45. The Morgan fingerprint density at radius 2 is 1.95 bits per heavy atom. The second kappa shape index (κ2) is 4.57. The Labute approximate surface area is 116 Å². The van der Waals surface area contributed by atoms with Gasteiger partial charge in [0.05, 0.1) is 12.2 Å². The molecule has 0 aliphatic carbocycles. The summed E-state index contributed by atoms with van der Waals surface area (Å²) < 4.78 is 33.4. The molecule has 110 valence electrons. The molecule has 3 heterocycles. The molecule has 0 spiro atoms. The molecule has 2 bridgehead atoms. The molecule has 3 rings (SSSR count). The lowest BCUT2D eigenvalue weighted by Gasteiger charge is -2.30. The summed E-state index contributed by atoms with van der Waals surface area (Å²) in [7, 11) is -2.13. The van der Waals surface area contributed by atoms with Crippen LogP contribution in [0.5, 0.6) is 0 Å². The summed E-state index contributed by atoms with van der Waals surface area (Å²) in [6.07, 6.45) is 3.03. The summed E-state index contributed by atoms with van der Waals surface area (Å²) in [6.45, 7) is 0.687. The van der Waals surface area contributed by atoms with Crippen LogP contribution in [0.4, 0.5) is 0 Å². The third kappa shape index (κ3) is 2.13. The standard InChI is InChI=1S/C12H16N2O5S/c1-13-7-10(4-11(13)12(15)16)20(17,18)14-5-8-2-3-9(6-14)19-8/h4,7-9H,2-3,5-6H2,1H3,(H,15,16). The molecule has 7 nitrogen and oxygen atoms in total. The Hall–Kier alpha value is -1.38. The highest BCUT2D eigenvalue weighted by molar-refractivity contribution is 7.89. The van der Waals surface area contributed by atoms with Crippen LogP contribution in [0.2, 0.25) is 0 Å². The van der Waals surface area contributed by atoms with E-state index in [1.54, 1.807) is 0 Å². The Balaban J connectivity index is 1.92. The first-order valence-electron chi connectivity index (χ1n) is 6.43. The number of aromatic nitrogens is 1. The van der Waals surface area contributed by atoms with Crippen LogP contribution in [0, 0.1) is 0 Å². The molecule has 0 saturated carbocycles. The topological polar surface area (TPSA) is 88.8 Å². The van der Waals surface area contributed by atoms with Gasteiger partial charge in [0.25, 0.3) is 0 Å². The molecule has 0 radical (unpaired) electrons. The van der Waals surface area contributed by atoms with Crippen molar-refractivity contribution in [2.45, 2.75) is 29.9 Å². The van der Waals surface area contributed by atoms with Crippen molar-refractivity contribution in [2.75, 3.05) is 13.1 Å². The number of aryl methyl sites for hydroxylation is 1. The van der Waals surface area contributed by atoms with Gasteiger partial charge in [-0.1, -0.05) is 0 Å². The number of hydrogen-bond acceptors (Lipinski definition) is 4. The first-order chi connectivity index (χ1) is 9.38. The van der Waals surface area contributed by atoms with Crippen molar-refractivity contribution in [3.63, 3.8) is 0 Å². The van der Waals surface area contributed by atoms with Gasteiger partial charge in [0.15, 0.2) is 0 Å². The number of sulfonamides is 1. The van der Waals surface area contributed by atoms with Gasteiger partial charge in [0.1, 0.15) is 10.6 Å². The third-order valence-electron chi connectivity index (χ3n) is 3.85. The molecular weight excluding hydrogens is 284 g/mol. The van der Waals surface area contributed by atoms with Crippen LogP contribution in [0.3, 0.4) is 0 Å². The van der Waals surface area contributed by atoms with Crippen molar-refractivity contribution in [3.05, 3.63) is 18.0 Å². The molecule has 20 heavy (non-hydrogen) atoms. The molecular formula is C12H16N2O5S. The predicted molar refractivity (Wildman–Crippen MR) is 69.0 cm³/mol. The predicted octanol–water partition coefficient (Wildman–Crippen LogP) is 0.275. The SMILES string of the molecule is Cn1cc(S(=O)(=O)N2CC3CCC(C2)O3)cc1C(=O)O. The van der Waals surface area contributed by atoms with Crippen LogP contribution >= 0.6 is 0 Å². The maximum absolute atomic E-state index is 12.6. The fourth-order valence-electron chi connectivity index (χ4n) is 2.81. The number of nitrogens with zero attached hydrogens (tertiary/aromatic N) is 2. The number of hydrogen-bond donors (Lipinski definition) is 1. The molecule has 1 N–H and O–H groups in total. The Kier molecular flexibility index (Phi) is 3.11. The van der Waals surface area contributed by atoms with E-state index in [0.717, 1.165) is 12.8 Å². The summed E-state index contributed by atoms with van der Waals surface area (Å²) in [6, 6.07) is 1.20. The quantitative estimate of drug-likeness (QED) is 0.866. The second-order valence-electron chi connectivity index (χ2n) is 5.26. The Morgan fingerprint density at radius 3 is 2.45 bits per heavy atom. The van der Waals surface area contributed by atoms with E-state index >= 15 is 0 Å². The van der Waals surface area contributed by atoms with E-state index in [-0.39, 0.29) is 22.8 Å². The molecule has 2 fully saturated rings. The van der Waals surface area contributed by atoms with Gasteiger partial charge in [-0.3, -0.25) is 0 Å². The van der Waals surface area contributed by atoms with Crippen LogP contribution in [0.15, 0.2) is 17.2 Å². The zero-order chi connectivity index (χ0) is 14.5. The highest BCUT2D eigenvalue weighted by Gasteiger charge is 2.39. The van der Waals surface area contributed by atoms with Crippen LogP contribution < -0.4 is 0 Å². The van der Waals surface area contributed by atoms with Gasteiger partial charge >= 0.3 is 5.97 Å². The molecule has 2 unspecified atom stereocenters. The summed E-state index contributed by atoms with van der Waals surface area (Å²) in [4.78, 5) is 11.0. The fourth-order valence-corrected chi connectivity index (χ4v) is 4.39. The van der Waals surface area contributed by atoms with Crippen LogP contribution in [0.25, 0.3) is 0 Å². The average Bonchev–Trinajstić information content (AvgIpc) is 2.93. The summed E-state index contributed by atoms with van der Waals surface area (Å²) in [5.74, 6) is -1.14. The molecule has 1 aromatic heterocycles. The van der Waals surface area contributed by atoms with Crippen LogP contribution in [0.1, 0.15) is 23.3 Å². The summed E-state index contributed by atoms with van der Waals surface area (Å²) in [5.41, 5.74) is -0.0418. The molecule has 0 amide bonds. The van der Waals surface area contributed by atoms with Gasteiger partial charge < -0.3 is 14.4 Å². The normalized spacial score (nSPS) is 26.9. The number of carboxylic acid groups (broad SMARTS) is 1. The highest BCUT2D eigenvalue weighted by Crippen LogP contribution is 2.30. The fraction of sp³-hybridized carbons (Fsp3) is 0.583. The Morgan fingerprint density at radius 1 is 1.35 bits per heavy atom.